The number of unbranched alkanes of at least 4 members (excludes halogenated alkanes) is 1. The minimum absolute atomic E-state index is 0.124. The molecule has 0 aliphatic rings. The first-order chi connectivity index (χ1) is 8.79. The summed E-state index contributed by atoms with van der Waals surface area (Å²) < 4.78 is 18.7. The maximum absolute atomic E-state index is 13.8. The molecular weight excluding hydrogens is 249 g/mol. The summed E-state index contributed by atoms with van der Waals surface area (Å²) >= 11 is 1.74. The summed E-state index contributed by atoms with van der Waals surface area (Å²) in [5, 5.41) is 3.20. The first kappa shape index (κ1) is 15.5. The van der Waals surface area contributed by atoms with E-state index in [4.69, 9.17) is 4.74 Å². The minimum Gasteiger partial charge on any atom is -0.383 e. The fourth-order valence-electron chi connectivity index (χ4n) is 1.56. The maximum atomic E-state index is 13.8. The van der Waals surface area contributed by atoms with E-state index >= 15 is 0 Å². The van der Waals surface area contributed by atoms with Crippen LogP contribution < -0.4 is 5.32 Å². The molecule has 0 saturated carbocycles. The van der Waals surface area contributed by atoms with Gasteiger partial charge in [0.1, 0.15) is 5.82 Å². The number of methoxy groups -OCH3 is 1. The van der Waals surface area contributed by atoms with Gasteiger partial charge < -0.3 is 10.1 Å². The molecule has 18 heavy (non-hydrogen) atoms. The summed E-state index contributed by atoms with van der Waals surface area (Å²) in [6, 6.07) is 5.30. The molecule has 0 aliphatic carbocycles. The Hall–Kier alpha value is -0.580. The van der Waals surface area contributed by atoms with Crippen molar-refractivity contribution in [1.82, 2.24) is 5.32 Å². The zero-order valence-electron chi connectivity index (χ0n) is 11.2. The number of hydrogen-bond acceptors (Lipinski definition) is 3. The lowest BCUT2D eigenvalue weighted by Gasteiger charge is -2.11. The minimum atomic E-state index is -0.124. The van der Waals surface area contributed by atoms with Crippen molar-refractivity contribution in [3.63, 3.8) is 0 Å². The number of rotatable bonds is 9. The zero-order valence-corrected chi connectivity index (χ0v) is 12.0. The molecule has 0 saturated heterocycles. The topological polar surface area (TPSA) is 21.3 Å². The van der Waals surface area contributed by atoms with Gasteiger partial charge in [0.25, 0.3) is 0 Å². The van der Waals surface area contributed by atoms with Crippen molar-refractivity contribution in [3.8, 4) is 0 Å². The highest BCUT2D eigenvalue weighted by Gasteiger charge is 2.08. The smallest absolute Gasteiger partial charge is 0.128 e. The van der Waals surface area contributed by atoms with E-state index < -0.39 is 0 Å². The van der Waals surface area contributed by atoms with Crippen molar-refractivity contribution < 1.29 is 9.13 Å². The van der Waals surface area contributed by atoms with Crippen LogP contribution in [0.25, 0.3) is 0 Å². The molecule has 0 aliphatic heterocycles. The molecule has 0 aromatic heterocycles. The third-order valence-corrected chi connectivity index (χ3v) is 3.80. The molecule has 1 N–H and O–H groups in total. The van der Waals surface area contributed by atoms with Gasteiger partial charge in [-0.1, -0.05) is 19.4 Å². The lowest BCUT2D eigenvalue weighted by molar-refractivity contribution is 0.199. The number of nitrogens with one attached hydrogen (secondary N) is 1. The second-order valence-electron chi connectivity index (χ2n) is 4.09. The third kappa shape index (κ3) is 5.38. The summed E-state index contributed by atoms with van der Waals surface area (Å²) in [6.45, 7) is 4.11. The summed E-state index contributed by atoms with van der Waals surface area (Å²) in [4.78, 5) is 1.05. The molecule has 1 aromatic carbocycles. The fraction of sp³-hybridized carbons (Fsp3) is 0.571. The molecule has 0 spiro atoms. The molecule has 0 bridgehead atoms. The largest absolute Gasteiger partial charge is 0.383 e. The molecule has 2 nitrogen and oxygen atoms in total. The molecule has 0 atom stereocenters. The predicted molar refractivity (Wildman–Crippen MR) is 75.6 cm³/mol. The van der Waals surface area contributed by atoms with Gasteiger partial charge in [-0.25, -0.2) is 4.39 Å². The van der Waals surface area contributed by atoms with E-state index in [0.717, 1.165) is 29.2 Å². The summed E-state index contributed by atoms with van der Waals surface area (Å²) in [5.74, 6) is 0.923. The van der Waals surface area contributed by atoms with E-state index in [-0.39, 0.29) is 5.82 Å². The van der Waals surface area contributed by atoms with Gasteiger partial charge in [-0.15, -0.1) is 11.8 Å². The molecule has 4 heteroatoms. The zero-order chi connectivity index (χ0) is 13.2. The molecule has 1 rings (SSSR count). The van der Waals surface area contributed by atoms with Crippen LogP contribution in [0, 0.1) is 5.82 Å². The van der Waals surface area contributed by atoms with Crippen LogP contribution in [0.4, 0.5) is 4.39 Å². The van der Waals surface area contributed by atoms with Crippen LogP contribution in [0.3, 0.4) is 0 Å². The van der Waals surface area contributed by atoms with E-state index in [1.54, 1.807) is 24.9 Å². The van der Waals surface area contributed by atoms with Crippen molar-refractivity contribution in [2.75, 3.05) is 26.0 Å². The fourth-order valence-corrected chi connectivity index (χ4v) is 2.73. The van der Waals surface area contributed by atoms with Gasteiger partial charge in [-0.2, -0.15) is 0 Å². The predicted octanol–water partition coefficient (Wildman–Crippen LogP) is 3.45. The normalized spacial score (nSPS) is 10.8. The Labute approximate surface area is 113 Å². The average Bonchev–Trinajstić information content (AvgIpc) is 2.37. The number of ether oxygens (including phenoxy) is 1. The first-order valence-corrected chi connectivity index (χ1v) is 7.38. The van der Waals surface area contributed by atoms with Crippen LogP contribution in [-0.2, 0) is 11.3 Å². The standard InChI is InChI=1S/C14H22FNOS/c1-3-4-10-18-14-7-5-6-13(15)12(14)11-16-8-9-17-2/h5-7,16H,3-4,8-11H2,1-2H3. The van der Waals surface area contributed by atoms with Crippen LogP contribution in [-0.4, -0.2) is 26.0 Å². The van der Waals surface area contributed by atoms with Crippen LogP contribution in [0.1, 0.15) is 25.3 Å². The van der Waals surface area contributed by atoms with Crippen molar-refractivity contribution in [2.45, 2.75) is 31.2 Å². The molecule has 0 heterocycles. The number of thioether (sulfide) groups is 1. The molecule has 0 fully saturated rings. The SMILES string of the molecule is CCCCSc1cccc(F)c1CNCCOC. The molecule has 102 valence electrons. The van der Waals surface area contributed by atoms with E-state index in [0.29, 0.717) is 13.2 Å². The molecular formula is C14H22FNOS. The molecule has 0 amide bonds. The molecule has 1 aromatic rings. The van der Waals surface area contributed by atoms with Crippen LogP contribution in [0.15, 0.2) is 23.1 Å². The number of hydrogen-bond donors (Lipinski definition) is 1. The number of halogens is 1. The second-order valence-corrected chi connectivity index (χ2v) is 5.22. The van der Waals surface area contributed by atoms with Crippen molar-refractivity contribution in [3.05, 3.63) is 29.6 Å². The van der Waals surface area contributed by atoms with Crippen molar-refractivity contribution >= 4 is 11.8 Å². The average molecular weight is 271 g/mol. The number of benzene rings is 1. The Balaban J connectivity index is 2.56. The lowest BCUT2D eigenvalue weighted by atomic mass is 10.2. The molecule has 0 radical (unpaired) electrons. The Morgan fingerprint density at radius 2 is 2.22 bits per heavy atom. The lowest BCUT2D eigenvalue weighted by Crippen LogP contribution is -2.19. The highest BCUT2D eigenvalue weighted by atomic mass is 32.2. The quantitative estimate of drug-likeness (QED) is 0.549. The van der Waals surface area contributed by atoms with E-state index in [2.05, 4.69) is 12.2 Å². The monoisotopic (exact) mass is 271 g/mol. The van der Waals surface area contributed by atoms with Gasteiger partial charge >= 0.3 is 0 Å². The third-order valence-electron chi connectivity index (χ3n) is 2.62. The van der Waals surface area contributed by atoms with Gasteiger partial charge in [-0.05, 0) is 24.3 Å². The van der Waals surface area contributed by atoms with Crippen molar-refractivity contribution in [2.24, 2.45) is 0 Å². The molecule has 0 unspecified atom stereocenters. The van der Waals surface area contributed by atoms with E-state index in [9.17, 15) is 4.39 Å². The van der Waals surface area contributed by atoms with Gasteiger partial charge in [0.15, 0.2) is 0 Å². The Bertz CT molecular complexity index is 347. The van der Waals surface area contributed by atoms with Crippen molar-refractivity contribution in [1.29, 1.82) is 0 Å². The highest BCUT2D eigenvalue weighted by Crippen LogP contribution is 2.25. The van der Waals surface area contributed by atoms with E-state index in [1.807, 2.05) is 6.07 Å². The van der Waals surface area contributed by atoms with Crippen LogP contribution in [0.2, 0.25) is 0 Å². The van der Waals surface area contributed by atoms with Gasteiger partial charge in [0.2, 0.25) is 0 Å². The Morgan fingerprint density at radius 1 is 1.39 bits per heavy atom. The second kappa shape index (κ2) is 9.36. The van der Waals surface area contributed by atoms with Gasteiger partial charge in [0.05, 0.1) is 6.61 Å². The Kier molecular flexibility index (Phi) is 8.05. The van der Waals surface area contributed by atoms with Crippen LogP contribution >= 0.6 is 11.8 Å². The van der Waals surface area contributed by atoms with E-state index in [1.165, 1.54) is 12.5 Å². The van der Waals surface area contributed by atoms with Gasteiger partial charge in [-0.3, -0.25) is 0 Å². The highest BCUT2D eigenvalue weighted by molar-refractivity contribution is 7.99. The maximum Gasteiger partial charge on any atom is 0.128 e. The van der Waals surface area contributed by atoms with Crippen LogP contribution in [0.5, 0.6) is 0 Å². The summed E-state index contributed by atoms with van der Waals surface area (Å²) in [7, 11) is 1.66. The summed E-state index contributed by atoms with van der Waals surface area (Å²) in [5.41, 5.74) is 0.773. The van der Waals surface area contributed by atoms with Gasteiger partial charge in [0, 0.05) is 30.7 Å². The first-order valence-electron chi connectivity index (χ1n) is 6.39. The summed E-state index contributed by atoms with van der Waals surface area (Å²) in [6.07, 6.45) is 2.33. The Morgan fingerprint density at radius 3 is 2.94 bits per heavy atom.